The first kappa shape index (κ1) is 12.2. The summed E-state index contributed by atoms with van der Waals surface area (Å²) >= 11 is 0. The number of hydrogen-bond acceptors (Lipinski definition) is 5. The number of rotatable bonds is 4. The molecule has 0 fully saturated rings. The zero-order valence-corrected chi connectivity index (χ0v) is 9.61. The van der Waals surface area contributed by atoms with Crippen LogP contribution in [0, 0.1) is 0 Å². The smallest absolute Gasteiger partial charge is 0.332 e. The normalized spacial score (nSPS) is 12.5. The summed E-state index contributed by atoms with van der Waals surface area (Å²) in [6, 6.07) is 6.78. The maximum Gasteiger partial charge on any atom is 0.332 e. The summed E-state index contributed by atoms with van der Waals surface area (Å²) in [5, 5.41) is 16.6. The monoisotopic (exact) mass is 249 g/mol. The third kappa shape index (κ3) is 2.35. The first-order chi connectivity index (χ1) is 8.59. The van der Waals surface area contributed by atoms with E-state index in [1.165, 1.54) is 6.92 Å². The Balaban J connectivity index is 2.27. The van der Waals surface area contributed by atoms with Gasteiger partial charge in [-0.05, 0) is 19.1 Å². The van der Waals surface area contributed by atoms with Gasteiger partial charge in [0.25, 0.3) is 5.56 Å². The number of aromatic nitrogens is 3. The zero-order chi connectivity index (χ0) is 13.1. The minimum atomic E-state index is -1.10. The van der Waals surface area contributed by atoms with E-state index in [-0.39, 0.29) is 12.3 Å². The Hall–Kier alpha value is -2.28. The number of nitrogens with zero attached hydrogens (tertiary/aromatic N) is 3. The van der Waals surface area contributed by atoms with Crippen LogP contribution in [0.1, 0.15) is 6.92 Å². The summed E-state index contributed by atoms with van der Waals surface area (Å²) in [5.74, 6) is -1.10. The molecule has 0 bridgehead atoms. The largest absolute Gasteiger partial charge is 0.479 e. The van der Waals surface area contributed by atoms with Gasteiger partial charge in [0, 0.05) is 0 Å². The van der Waals surface area contributed by atoms with Gasteiger partial charge in [-0.15, -0.1) is 5.10 Å². The molecular formula is C11H11N3O4. The summed E-state index contributed by atoms with van der Waals surface area (Å²) < 4.78 is 5.97. The lowest BCUT2D eigenvalue weighted by Gasteiger charge is -2.09. The van der Waals surface area contributed by atoms with Crippen molar-refractivity contribution in [2.75, 3.05) is 0 Å². The SMILES string of the molecule is C[C@H](OCn1nnc2ccccc2c1=O)C(=O)O. The first-order valence-corrected chi connectivity index (χ1v) is 5.26. The van der Waals surface area contributed by atoms with Gasteiger partial charge in [0.15, 0.2) is 6.10 Å². The van der Waals surface area contributed by atoms with Crippen molar-refractivity contribution in [3.63, 3.8) is 0 Å². The average molecular weight is 249 g/mol. The van der Waals surface area contributed by atoms with Gasteiger partial charge in [0.1, 0.15) is 12.2 Å². The van der Waals surface area contributed by atoms with Gasteiger partial charge in [0.2, 0.25) is 0 Å². The summed E-state index contributed by atoms with van der Waals surface area (Å²) in [6.45, 7) is 1.13. The molecule has 1 N–H and O–H groups in total. The van der Waals surface area contributed by atoms with E-state index in [0.717, 1.165) is 4.68 Å². The summed E-state index contributed by atoms with van der Waals surface area (Å²) in [7, 11) is 0. The van der Waals surface area contributed by atoms with Crippen LogP contribution in [0.3, 0.4) is 0 Å². The fourth-order valence-electron chi connectivity index (χ4n) is 1.36. The Bertz CT molecular complexity index is 637. The molecule has 7 heteroatoms. The molecule has 1 atom stereocenters. The average Bonchev–Trinajstić information content (AvgIpc) is 2.38. The van der Waals surface area contributed by atoms with E-state index in [1.807, 2.05) is 0 Å². The van der Waals surface area contributed by atoms with Crippen LogP contribution in [0.5, 0.6) is 0 Å². The van der Waals surface area contributed by atoms with Crippen molar-refractivity contribution in [1.82, 2.24) is 15.0 Å². The number of aliphatic carboxylic acids is 1. The van der Waals surface area contributed by atoms with Crippen LogP contribution in [-0.2, 0) is 16.3 Å². The van der Waals surface area contributed by atoms with E-state index in [9.17, 15) is 9.59 Å². The third-order valence-electron chi connectivity index (χ3n) is 2.42. The van der Waals surface area contributed by atoms with Crippen molar-refractivity contribution in [2.24, 2.45) is 0 Å². The predicted octanol–water partition coefficient (Wildman–Crippen LogP) is 0.239. The second-order valence-electron chi connectivity index (χ2n) is 3.69. The molecule has 0 aliphatic rings. The molecule has 0 unspecified atom stereocenters. The van der Waals surface area contributed by atoms with Crippen LogP contribution >= 0.6 is 0 Å². The molecule has 2 rings (SSSR count). The molecule has 0 amide bonds. The predicted molar refractivity (Wildman–Crippen MR) is 62.0 cm³/mol. The second-order valence-corrected chi connectivity index (χ2v) is 3.69. The standard InChI is InChI=1S/C11H11N3O4/c1-7(11(16)17)18-6-14-10(15)8-4-2-3-5-9(8)12-13-14/h2-5,7H,6H2,1H3,(H,16,17)/t7-/m0/s1. The highest BCUT2D eigenvalue weighted by Gasteiger charge is 2.12. The maximum absolute atomic E-state index is 11.9. The molecule has 0 aliphatic heterocycles. The highest BCUT2D eigenvalue weighted by molar-refractivity contribution is 5.76. The highest BCUT2D eigenvalue weighted by Crippen LogP contribution is 2.03. The van der Waals surface area contributed by atoms with Crippen molar-refractivity contribution in [3.8, 4) is 0 Å². The number of ether oxygens (including phenoxy) is 1. The minimum Gasteiger partial charge on any atom is -0.479 e. The number of carboxylic acid groups (broad SMARTS) is 1. The molecule has 7 nitrogen and oxygen atoms in total. The van der Waals surface area contributed by atoms with E-state index in [2.05, 4.69) is 10.3 Å². The number of carboxylic acids is 1. The molecule has 0 radical (unpaired) electrons. The molecule has 1 aromatic carbocycles. The van der Waals surface area contributed by atoms with Gasteiger partial charge in [-0.3, -0.25) is 4.79 Å². The molecular weight excluding hydrogens is 238 g/mol. The van der Waals surface area contributed by atoms with E-state index < -0.39 is 12.1 Å². The number of hydrogen-bond donors (Lipinski definition) is 1. The topological polar surface area (TPSA) is 94.3 Å². The lowest BCUT2D eigenvalue weighted by Crippen LogP contribution is -2.29. The number of carbonyl (C=O) groups is 1. The fourth-order valence-corrected chi connectivity index (χ4v) is 1.36. The van der Waals surface area contributed by atoms with Crippen molar-refractivity contribution < 1.29 is 14.6 Å². The van der Waals surface area contributed by atoms with E-state index >= 15 is 0 Å². The summed E-state index contributed by atoms with van der Waals surface area (Å²) in [6.07, 6.45) is -1.01. The molecule has 0 spiro atoms. The van der Waals surface area contributed by atoms with Crippen LogP contribution in [0.4, 0.5) is 0 Å². The lowest BCUT2D eigenvalue weighted by molar-refractivity contribution is -0.152. The molecule has 18 heavy (non-hydrogen) atoms. The number of benzene rings is 1. The highest BCUT2D eigenvalue weighted by atomic mass is 16.5. The van der Waals surface area contributed by atoms with Crippen LogP contribution in [0.25, 0.3) is 10.9 Å². The molecule has 0 saturated carbocycles. The Morgan fingerprint density at radius 2 is 2.22 bits per heavy atom. The Morgan fingerprint density at radius 3 is 2.94 bits per heavy atom. The first-order valence-electron chi connectivity index (χ1n) is 5.26. The van der Waals surface area contributed by atoms with Crippen molar-refractivity contribution in [3.05, 3.63) is 34.6 Å². The van der Waals surface area contributed by atoms with Gasteiger partial charge in [-0.25, -0.2) is 4.79 Å². The van der Waals surface area contributed by atoms with E-state index in [4.69, 9.17) is 9.84 Å². The summed E-state index contributed by atoms with van der Waals surface area (Å²) in [4.78, 5) is 22.5. The number of fused-ring (bicyclic) bond motifs is 1. The van der Waals surface area contributed by atoms with Crippen LogP contribution < -0.4 is 5.56 Å². The quantitative estimate of drug-likeness (QED) is 0.834. The molecule has 1 heterocycles. The molecule has 1 aromatic heterocycles. The Morgan fingerprint density at radius 1 is 1.50 bits per heavy atom. The van der Waals surface area contributed by atoms with Crippen molar-refractivity contribution in [1.29, 1.82) is 0 Å². The minimum absolute atomic E-state index is 0.246. The van der Waals surface area contributed by atoms with Gasteiger partial charge >= 0.3 is 5.97 Å². The van der Waals surface area contributed by atoms with Crippen LogP contribution in [0.2, 0.25) is 0 Å². The van der Waals surface area contributed by atoms with E-state index in [1.54, 1.807) is 24.3 Å². The van der Waals surface area contributed by atoms with Crippen LogP contribution in [0.15, 0.2) is 29.1 Å². The van der Waals surface area contributed by atoms with Gasteiger partial charge in [-0.2, -0.15) is 4.68 Å². The molecule has 94 valence electrons. The van der Waals surface area contributed by atoms with Crippen molar-refractivity contribution in [2.45, 2.75) is 19.8 Å². The Labute approximate surface area is 102 Å². The molecule has 0 saturated heterocycles. The fraction of sp³-hybridized carbons (Fsp3) is 0.273. The molecule has 2 aromatic rings. The Kier molecular flexibility index (Phi) is 3.33. The van der Waals surface area contributed by atoms with Gasteiger partial charge in [0.05, 0.1) is 5.39 Å². The van der Waals surface area contributed by atoms with E-state index in [0.29, 0.717) is 10.9 Å². The lowest BCUT2D eigenvalue weighted by atomic mass is 10.2. The second kappa shape index (κ2) is 4.92. The van der Waals surface area contributed by atoms with Crippen LogP contribution in [-0.4, -0.2) is 32.2 Å². The zero-order valence-electron chi connectivity index (χ0n) is 9.61. The summed E-state index contributed by atoms with van der Waals surface area (Å²) in [5.41, 5.74) is 0.128. The third-order valence-corrected chi connectivity index (χ3v) is 2.42. The van der Waals surface area contributed by atoms with Gasteiger partial charge < -0.3 is 9.84 Å². The van der Waals surface area contributed by atoms with Crippen molar-refractivity contribution >= 4 is 16.9 Å². The van der Waals surface area contributed by atoms with Gasteiger partial charge in [-0.1, -0.05) is 17.3 Å². The maximum atomic E-state index is 11.9. The molecule has 0 aliphatic carbocycles.